The van der Waals surface area contributed by atoms with Gasteiger partial charge in [0.2, 0.25) is 0 Å². The second-order valence-electron chi connectivity index (χ2n) is 4.91. The number of amides is 2. The normalized spacial score (nSPS) is 10.2. The molecule has 0 aliphatic carbocycles. The zero-order valence-corrected chi connectivity index (χ0v) is 15.5. The number of nitrogens with one attached hydrogen (secondary N) is 2. The van der Waals surface area contributed by atoms with Crippen molar-refractivity contribution in [2.24, 2.45) is 0 Å². The van der Waals surface area contributed by atoms with Crippen LogP contribution < -0.4 is 10.6 Å². The molecule has 2 rings (SSSR count). The van der Waals surface area contributed by atoms with Crippen LogP contribution in [0.2, 0.25) is 0 Å². The number of rotatable bonds is 6. The fraction of sp³-hybridized carbons (Fsp3) is 0.176. The molecule has 0 heterocycles. The number of methoxy groups -OCH3 is 1. The lowest BCUT2D eigenvalue weighted by Gasteiger charge is -2.10. The van der Waals surface area contributed by atoms with Gasteiger partial charge in [-0.05, 0) is 59.0 Å². The average molecular weight is 458 g/mol. The number of anilines is 2. The first kappa shape index (κ1) is 19.1. The first-order valence-electron chi connectivity index (χ1n) is 7.29. The van der Waals surface area contributed by atoms with Crippen LogP contribution >= 0.6 is 22.6 Å². The number of hydrogen-bond acceptors (Lipinski definition) is 4. The van der Waals surface area contributed by atoms with Crippen LogP contribution in [0.15, 0.2) is 42.5 Å². The Balaban J connectivity index is 2.01. The maximum Gasteiger partial charge on any atom is 0.411 e. The van der Waals surface area contributed by atoms with E-state index in [1.165, 1.54) is 25.3 Å². The summed E-state index contributed by atoms with van der Waals surface area (Å²) in [6, 6.07) is 10.5. The van der Waals surface area contributed by atoms with E-state index in [0.29, 0.717) is 27.1 Å². The fourth-order valence-corrected chi connectivity index (χ4v) is 2.64. The van der Waals surface area contributed by atoms with Gasteiger partial charge in [-0.2, -0.15) is 0 Å². The van der Waals surface area contributed by atoms with Gasteiger partial charge in [0.05, 0.1) is 12.2 Å². The third-order valence-electron chi connectivity index (χ3n) is 3.06. The second kappa shape index (κ2) is 9.33. The van der Waals surface area contributed by atoms with E-state index in [1.807, 2.05) is 22.6 Å². The van der Waals surface area contributed by atoms with E-state index < -0.39 is 11.9 Å². The van der Waals surface area contributed by atoms with E-state index in [1.54, 1.807) is 24.3 Å². The van der Waals surface area contributed by atoms with Crippen LogP contribution in [-0.2, 0) is 9.47 Å². The van der Waals surface area contributed by atoms with Gasteiger partial charge in [0.1, 0.15) is 12.4 Å². The highest BCUT2D eigenvalue weighted by molar-refractivity contribution is 14.1. The van der Waals surface area contributed by atoms with Crippen molar-refractivity contribution in [1.29, 1.82) is 0 Å². The van der Waals surface area contributed by atoms with Gasteiger partial charge in [-0.15, -0.1) is 0 Å². The van der Waals surface area contributed by atoms with Crippen molar-refractivity contribution in [2.75, 3.05) is 31.0 Å². The summed E-state index contributed by atoms with van der Waals surface area (Å²) in [6.45, 7) is 0.446. The fourth-order valence-electron chi connectivity index (χ4n) is 1.92. The largest absolute Gasteiger partial charge is 0.447 e. The van der Waals surface area contributed by atoms with Crippen LogP contribution in [0.5, 0.6) is 0 Å². The van der Waals surface area contributed by atoms with Crippen LogP contribution in [-0.4, -0.2) is 32.3 Å². The smallest absolute Gasteiger partial charge is 0.411 e. The lowest BCUT2D eigenvalue weighted by Crippen LogP contribution is -2.17. The Labute approximate surface area is 157 Å². The molecule has 0 bridgehead atoms. The number of hydrogen-bond donors (Lipinski definition) is 2. The van der Waals surface area contributed by atoms with E-state index in [2.05, 4.69) is 10.6 Å². The zero-order chi connectivity index (χ0) is 18.2. The van der Waals surface area contributed by atoms with Gasteiger partial charge in [-0.3, -0.25) is 10.1 Å². The number of halogens is 2. The third kappa shape index (κ3) is 5.98. The molecule has 0 aliphatic heterocycles. The summed E-state index contributed by atoms with van der Waals surface area (Å²) in [4.78, 5) is 23.9. The van der Waals surface area contributed by atoms with Crippen molar-refractivity contribution >= 4 is 46.0 Å². The van der Waals surface area contributed by atoms with E-state index >= 15 is 0 Å². The molecule has 2 aromatic rings. The highest BCUT2D eigenvalue weighted by Gasteiger charge is 2.11. The molecule has 0 aromatic heterocycles. The summed E-state index contributed by atoms with van der Waals surface area (Å²) in [5, 5.41) is 5.26. The van der Waals surface area contributed by atoms with Crippen LogP contribution in [0, 0.1) is 9.39 Å². The van der Waals surface area contributed by atoms with E-state index in [0.717, 1.165) is 0 Å². The van der Waals surface area contributed by atoms with Crippen LogP contribution in [0.4, 0.5) is 20.6 Å². The molecule has 0 aliphatic rings. The standard InChI is InChI=1S/C17H16FIN2O4/c1-24-7-8-25-17(23)21-13-4-2-3-12(10-13)20-16(22)14-6-5-11(18)9-15(14)19/h2-6,9-10H,7-8H2,1H3,(H,20,22)(H,21,23). The number of carbonyl (C=O) groups excluding carboxylic acids is 2. The SMILES string of the molecule is COCCOC(=O)Nc1cccc(NC(=O)c2ccc(F)cc2I)c1. The van der Waals surface area contributed by atoms with Gasteiger partial charge in [0.15, 0.2) is 0 Å². The van der Waals surface area contributed by atoms with Crippen LogP contribution in [0.3, 0.4) is 0 Å². The number of ether oxygens (including phenoxy) is 2. The molecule has 0 fully saturated rings. The lowest BCUT2D eigenvalue weighted by molar-refractivity contribution is 0.102. The van der Waals surface area contributed by atoms with Gasteiger partial charge in [-0.1, -0.05) is 6.07 Å². The molecule has 2 amide bonds. The highest BCUT2D eigenvalue weighted by Crippen LogP contribution is 2.19. The molecule has 0 radical (unpaired) electrons. The minimum atomic E-state index is -0.617. The van der Waals surface area contributed by atoms with E-state index in [-0.39, 0.29) is 12.5 Å². The number of carbonyl (C=O) groups is 2. The molecule has 25 heavy (non-hydrogen) atoms. The molecule has 2 N–H and O–H groups in total. The Morgan fingerprint density at radius 3 is 2.48 bits per heavy atom. The summed E-state index contributed by atoms with van der Waals surface area (Å²) < 4.78 is 23.3. The highest BCUT2D eigenvalue weighted by atomic mass is 127. The maximum absolute atomic E-state index is 13.1. The first-order chi connectivity index (χ1) is 12.0. The van der Waals surface area contributed by atoms with Gasteiger partial charge in [-0.25, -0.2) is 9.18 Å². The van der Waals surface area contributed by atoms with Crippen molar-refractivity contribution in [1.82, 2.24) is 0 Å². The van der Waals surface area contributed by atoms with Crippen molar-refractivity contribution in [2.45, 2.75) is 0 Å². The summed E-state index contributed by atoms with van der Waals surface area (Å²) in [7, 11) is 1.51. The third-order valence-corrected chi connectivity index (χ3v) is 3.96. The summed E-state index contributed by atoms with van der Waals surface area (Å²) >= 11 is 1.90. The molecule has 0 saturated carbocycles. The molecular weight excluding hydrogens is 442 g/mol. The van der Waals surface area contributed by atoms with Crippen molar-refractivity contribution < 1.29 is 23.5 Å². The Kier molecular flexibility index (Phi) is 7.14. The monoisotopic (exact) mass is 458 g/mol. The Hall–Kier alpha value is -2.20. The topological polar surface area (TPSA) is 76.7 Å². The Bertz CT molecular complexity index is 770. The Morgan fingerprint density at radius 2 is 1.80 bits per heavy atom. The molecule has 6 nitrogen and oxygen atoms in total. The molecule has 0 unspecified atom stereocenters. The molecule has 2 aromatic carbocycles. The van der Waals surface area contributed by atoms with Gasteiger partial charge >= 0.3 is 6.09 Å². The predicted octanol–water partition coefficient (Wildman–Crippen LogP) is 3.88. The van der Waals surface area contributed by atoms with Crippen LogP contribution in [0.1, 0.15) is 10.4 Å². The van der Waals surface area contributed by atoms with Crippen molar-refractivity contribution in [3.63, 3.8) is 0 Å². The second-order valence-corrected chi connectivity index (χ2v) is 6.08. The van der Waals surface area contributed by atoms with Crippen molar-refractivity contribution in [3.8, 4) is 0 Å². The molecule has 8 heteroatoms. The van der Waals surface area contributed by atoms with Gasteiger partial charge in [0, 0.05) is 22.1 Å². The molecule has 0 spiro atoms. The van der Waals surface area contributed by atoms with E-state index in [4.69, 9.17) is 9.47 Å². The first-order valence-corrected chi connectivity index (χ1v) is 8.36. The molecule has 132 valence electrons. The quantitative estimate of drug-likeness (QED) is 0.509. The molecular formula is C17H16FIN2O4. The molecule has 0 atom stereocenters. The number of benzene rings is 2. The van der Waals surface area contributed by atoms with Gasteiger partial charge in [0.25, 0.3) is 5.91 Å². The minimum absolute atomic E-state index is 0.141. The molecule has 0 saturated heterocycles. The minimum Gasteiger partial charge on any atom is -0.447 e. The zero-order valence-electron chi connectivity index (χ0n) is 13.3. The average Bonchev–Trinajstić information content (AvgIpc) is 2.55. The maximum atomic E-state index is 13.1. The van der Waals surface area contributed by atoms with Gasteiger partial charge < -0.3 is 14.8 Å². The van der Waals surface area contributed by atoms with Crippen LogP contribution in [0.25, 0.3) is 0 Å². The lowest BCUT2D eigenvalue weighted by atomic mass is 10.2. The Morgan fingerprint density at radius 1 is 1.08 bits per heavy atom. The van der Waals surface area contributed by atoms with Crippen molar-refractivity contribution in [3.05, 3.63) is 57.4 Å². The summed E-state index contributed by atoms with van der Waals surface area (Å²) in [6.07, 6.45) is -0.617. The summed E-state index contributed by atoms with van der Waals surface area (Å²) in [5.41, 5.74) is 1.31. The summed E-state index contributed by atoms with van der Waals surface area (Å²) in [5.74, 6) is -0.775. The van der Waals surface area contributed by atoms with E-state index in [9.17, 15) is 14.0 Å². The predicted molar refractivity (Wildman–Crippen MR) is 100 cm³/mol.